The second kappa shape index (κ2) is 4.71. The maximum absolute atomic E-state index is 11.6. The van der Waals surface area contributed by atoms with Crippen LogP contribution in [0.5, 0.6) is 5.88 Å². The number of terminal acetylenes is 1. The van der Waals surface area contributed by atoms with E-state index < -0.39 is 0 Å². The van der Waals surface area contributed by atoms with Gasteiger partial charge in [-0.1, -0.05) is 0 Å². The molecule has 84 valence electrons. The van der Waals surface area contributed by atoms with Gasteiger partial charge in [0, 0.05) is 32.0 Å². The van der Waals surface area contributed by atoms with Gasteiger partial charge in [0.05, 0.1) is 6.61 Å². The third-order valence-electron chi connectivity index (χ3n) is 2.29. The van der Waals surface area contributed by atoms with E-state index in [1.165, 1.54) is 0 Å². The third kappa shape index (κ3) is 2.16. The number of carbonyl (C=O) groups excluding carboxylic acids is 1. The molecule has 0 aromatic carbocycles. The molecule has 1 N–H and O–H groups in total. The predicted molar refractivity (Wildman–Crippen MR) is 58.1 cm³/mol. The van der Waals surface area contributed by atoms with Crippen LogP contribution in [0.3, 0.4) is 0 Å². The lowest BCUT2D eigenvalue weighted by Crippen LogP contribution is -2.24. The largest absolute Gasteiger partial charge is 0.478 e. The van der Waals surface area contributed by atoms with Crippen LogP contribution in [0, 0.1) is 12.3 Å². The molecular formula is C11H13N3O2. The molecule has 1 aliphatic rings. The quantitative estimate of drug-likeness (QED) is 0.592. The molecule has 0 unspecified atom stereocenters. The Balaban J connectivity index is 2.01. The van der Waals surface area contributed by atoms with E-state index in [1.54, 1.807) is 10.7 Å². The van der Waals surface area contributed by atoms with E-state index in [0.717, 1.165) is 13.0 Å². The van der Waals surface area contributed by atoms with Crippen LogP contribution in [0.25, 0.3) is 0 Å². The smallest absolute Gasteiger partial charge is 0.271 e. The zero-order chi connectivity index (χ0) is 11.4. The molecular weight excluding hydrogens is 206 g/mol. The maximum Gasteiger partial charge on any atom is 0.271 e. The van der Waals surface area contributed by atoms with E-state index in [2.05, 4.69) is 16.3 Å². The molecule has 2 rings (SSSR count). The Morgan fingerprint density at radius 3 is 3.38 bits per heavy atom. The highest BCUT2D eigenvalue weighted by Gasteiger charge is 2.17. The molecule has 16 heavy (non-hydrogen) atoms. The van der Waals surface area contributed by atoms with Gasteiger partial charge in [-0.3, -0.25) is 4.79 Å². The molecule has 0 bridgehead atoms. The zero-order valence-corrected chi connectivity index (χ0v) is 8.90. The van der Waals surface area contributed by atoms with Crippen molar-refractivity contribution in [3.63, 3.8) is 0 Å². The van der Waals surface area contributed by atoms with Gasteiger partial charge in [-0.05, 0) is 0 Å². The van der Waals surface area contributed by atoms with Crippen LogP contribution < -0.4 is 10.1 Å². The number of ether oxygens (including phenoxy) is 1. The summed E-state index contributed by atoms with van der Waals surface area (Å²) in [5, 5.41) is 6.85. The first-order chi connectivity index (χ1) is 7.81. The van der Waals surface area contributed by atoms with E-state index in [1.807, 2.05) is 0 Å². The summed E-state index contributed by atoms with van der Waals surface area (Å²) in [6.07, 6.45) is 6.54. The van der Waals surface area contributed by atoms with Crippen LogP contribution in [0.15, 0.2) is 6.07 Å². The van der Waals surface area contributed by atoms with Gasteiger partial charge in [0.15, 0.2) is 5.69 Å². The molecule has 1 aliphatic heterocycles. The lowest BCUT2D eigenvalue weighted by atomic mass is 10.3. The van der Waals surface area contributed by atoms with E-state index >= 15 is 0 Å². The third-order valence-corrected chi connectivity index (χ3v) is 2.29. The summed E-state index contributed by atoms with van der Waals surface area (Å²) in [5.74, 6) is 2.91. The first-order valence-corrected chi connectivity index (χ1v) is 5.23. The fourth-order valence-corrected chi connectivity index (χ4v) is 1.52. The summed E-state index contributed by atoms with van der Waals surface area (Å²) in [4.78, 5) is 11.6. The Hall–Kier alpha value is -1.96. The van der Waals surface area contributed by atoms with Gasteiger partial charge in [0.25, 0.3) is 5.91 Å². The van der Waals surface area contributed by atoms with Gasteiger partial charge in [-0.2, -0.15) is 5.10 Å². The second-order valence-electron chi connectivity index (χ2n) is 3.50. The molecule has 2 heterocycles. The van der Waals surface area contributed by atoms with Crippen LogP contribution >= 0.6 is 0 Å². The Bertz CT molecular complexity index is 407. The van der Waals surface area contributed by atoms with Crippen molar-refractivity contribution in [2.24, 2.45) is 0 Å². The van der Waals surface area contributed by atoms with Crippen molar-refractivity contribution in [1.82, 2.24) is 15.1 Å². The fraction of sp³-hybridized carbons (Fsp3) is 0.455. The van der Waals surface area contributed by atoms with Crippen molar-refractivity contribution in [3.8, 4) is 18.2 Å². The number of hydrogen-bond donors (Lipinski definition) is 1. The Morgan fingerprint density at radius 1 is 1.75 bits per heavy atom. The first kappa shape index (κ1) is 10.6. The minimum absolute atomic E-state index is 0.208. The van der Waals surface area contributed by atoms with Crippen molar-refractivity contribution in [3.05, 3.63) is 11.8 Å². The monoisotopic (exact) mass is 219 g/mol. The summed E-state index contributed by atoms with van der Waals surface area (Å²) in [6.45, 7) is 1.95. The second-order valence-corrected chi connectivity index (χ2v) is 3.50. The highest BCUT2D eigenvalue weighted by molar-refractivity contribution is 5.92. The van der Waals surface area contributed by atoms with Crippen LogP contribution in [0.4, 0.5) is 0 Å². The van der Waals surface area contributed by atoms with Gasteiger partial charge in [-0.25, -0.2) is 4.68 Å². The SMILES string of the molecule is C#CCCNC(=O)c1cc2n(n1)CCCO2. The van der Waals surface area contributed by atoms with Gasteiger partial charge in [0.1, 0.15) is 0 Å². The molecule has 0 radical (unpaired) electrons. The summed E-state index contributed by atoms with van der Waals surface area (Å²) < 4.78 is 7.08. The van der Waals surface area contributed by atoms with Gasteiger partial charge in [-0.15, -0.1) is 12.3 Å². The average molecular weight is 219 g/mol. The standard InChI is InChI=1S/C11H13N3O2/c1-2-3-5-12-11(15)9-8-10-14(13-9)6-4-7-16-10/h1,8H,3-7H2,(H,12,15). The summed E-state index contributed by atoms with van der Waals surface area (Å²) in [6, 6.07) is 1.66. The number of aromatic nitrogens is 2. The highest BCUT2D eigenvalue weighted by atomic mass is 16.5. The van der Waals surface area contributed by atoms with Crippen molar-refractivity contribution in [2.75, 3.05) is 13.2 Å². The number of fused-ring (bicyclic) bond motifs is 1. The Morgan fingerprint density at radius 2 is 2.62 bits per heavy atom. The number of carbonyl (C=O) groups is 1. The van der Waals surface area contributed by atoms with Crippen molar-refractivity contribution < 1.29 is 9.53 Å². The number of amides is 1. The molecule has 1 aromatic heterocycles. The van der Waals surface area contributed by atoms with Gasteiger partial charge < -0.3 is 10.1 Å². The minimum atomic E-state index is -0.208. The molecule has 5 heteroatoms. The van der Waals surface area contributed by atoms with Gasteiger partial charge >= 0.3 is 0 Å². The average Bonchev–Trinajstić information content (AvgIpc) is 2.73. The van der Waals surface area contributed by atoms with Crippen LogP contribution in [-0.2, 0) is 6.54 Å². The molecule has 5 nitrogen and oxygen atoms in total. The van der Waals surface area contributed by atoms with E-state index in [0.29, 0.717) is 31.1 Å². The number of nitrogens with zero attached hydrogens (tertiary/aromatic N) is 2. The highest BCUT2D eigenvalue weighted by Crippen LogP contribution is 2.17. The molecule has 0 aliphatic carbocycles. The van der Waals surface area contributed by atoms with Crippen molar-refractivity contribution in [2.45, 2.75) is 19.4 Å². The number of nitrogens with one attached hydrogen (secondary N) is 1. The first-order valence-electron chi connectivity index (χ1n) is 5.23. The van der Waals surface area contributed by atoms with Gasteiger partial charge in [0.2, 0.25) is 5.88 Å². The molecule has 0 saturated heterocycles. The summed E-state index contributed by atoms with van der Waals surface area (Å²) in [7, 11) is 0. The molecule has 1 amide bonds. The molecule has 1 aromatic rings. The molecule has 0 atom stereocenters. The van der Waals surface area contributed by atoms with Crippen LogP contribution in [0.2, 0.25) is 0 Å². The number of hydrogen-bond acceptors (Lipinski definition) is 3. The molecule has 0 spiro atoms. The normalized spacial score (nSPS) is 13.4. The lowest BCUT2D eigenvalue weighted by Gasteiger charge is -2.13. The molecule has 0 fully saturated rings. The van der Waals surface area contributed by atoms with Crippen LogP contribution in [-0.4, -0.2) is 28.8 Å². The number of rotatable bonds is 3. The topological polar surface area (TPSA) is 56.2 Å². The Labute approximate surface area is 93.8 Å². The van der Waals surface area contributed by atoms with Crippen molar-refractivity contribution >= 4 is 5.91 Å². The summed E-state index contributed by atoms with van der Waals surface area (Å²) in [5.41, 5.74) is 0.383. The van der Waals surface area contributed by atoms with E-state index in [4.69, 9.17) is 11.2 Å². The minimum Gasteiger partial charge on any atom is -0.478 e. The number of aryl methyl sites for hydroxylation is 1. The summed E-state index contributed by atoms with van der Waals surface area (Å²) >= 11 is 0. The molecule has 0 saturated carbocycles. The zero-order valence-electron chi connectivity index (χ0n) is 8.90. The van der Waals surface area contributed by atoms with Crippen LogP contribution in [0.1, 0.15) is 23.3 Å². The van der Waals surface area contributed by atoms with Crippen molar-refractivity contribution in [1.29, 1.82) is 0 Å². The lowest BCUT2D eigenvalue weighted by molar-refractivity contribution is 0.0948. The maximum atomic E-state index is 11.6. The predicted octanol–water partition coefficient (Wildman–Crippen LogP) is 0.419. The fourth-order valence-electron chi connectivity index (χ4n) is 1.52. The van der Waals surface area contributed by atoms with E-state index in [-0.39, 0.29) is 5.91 Å². The van der Waals surface area contributed by atoms with E-state index in [9.17, 15) is 4.79 Å². The Kier molecular flexibility index (Phi) is 3.10.